The Bertz CT molecular complexity index is 1640. The van der Waals surface area contributed by atoms with Crippen molar-refractivity contribution in [3.05, 3.63) is 101 Å². The minimum Gasteiger partial charge on any atom is -0.333 e. The lowest BCUT2D eigenvalue weighted by Crippen LogP contribution is -2.30. The van der Waals surface area contributed by atoms with Gasteiger partial charge in [-0.3, -0.25) is 9.36 Å². The van der Waals surface area contributed by atoms with Gasteiger partial charge in [0.05, 0.1) is 29.5 Å². The zero-order chi connectivity index (χ0) is 28.9. The maximum Gasteiger partial charge on any atom is 0.357 e. The van der Waals surface area contributed by atoms with Crippen molar-refractivity contribution in [2.75, 3.05) is 13.2 Å². The summed E-state index contributed by atoms with van der Waals surface area (Å²) in [5.41, 5.74) is 2.03. The number of sulfonamides is 1. The normalized spacial score (nSPS) is 12.7. The first kappa shape index (κ1) is 29.7. The molecule has 1 aromatic heterocycles. The van der Waals surface area contributed by atoms with E-state index in [0.29, 0.717) is 27.5 Å². The molecule has 0 spiro atoms. The number of carbonyl (C=O) groups excluding carboxylic acids is 1. The molecule has 0 aliphatic heterocycles. The highest BCUT2D eigenvalue weighted by atomic mass is 35.5. The van der Waals surface area contributed by atoms with Crippen molar-refractivity contribution in [2.45, 2.75) is 24.5 Å². The summed E-state index contributed by atoms with van der Waals surface area (Å²) in [6, 6.07) is 23.0. The Morgan fingerprint density at radius 3 is 2.17 bits per heavy atom. The lowest BCUT2D eigenvalue weighted by molar-refractivity contribution is 0.0931. The van der Waals surface area contributed by atoms with Gasteiger partial charge < -0.3 is 14.4 Å². The molecule has 0 saturated carbocycles. The van der Waals surface area contributed by atoms with Gasteiger partial charge in [0.1, 0.15) is 0 Å². The number of benzene rings is 3. The molecule has 1 heterocycles. The molecule has 3 N–H and O–H groups in total. The zero-order valence-corrected chi connectivity index (χ0v) is 24.2. The lowest BCUT2D eigenvalue weighted by atomic mass is 10.1. The molecule has 1 unspecified atom stereocenters. The summed E-state index contributed by atoms with van der Waals surface area (Å²) < 4.78 is 49.9. The average Bonchev–Trinajstić information content (AvgIpc) is 3.37. The van der Waals surface area contributed by atoms with Crippen LogP contribution in [0.1, 0.15) is 35.7 Å². The van der Waals surface area contributed by atoms with Gasteiger partial charge in [-0.05, 0) is 55.8 Å². The summed E-state index contributed by atoms with van der Waals surface area (Å²) in [5, 5.41) is 12.9. The summed E-state index contributed by atoms with van der Waals surface area (Å²) in [5.74, 6) is -1.74. The van der Waals surface area contributed by atoms with E-state index in [1.807, 2.05) is 0 Å². The number of aromatic nitrogens is 2. The fraction of sp³-hybridized carbons (Fsp3) is 0.185. The highest BCUT2D eigenvalue weighted by molar-refractivity contribution is 7.89. The first-order valence-electron chi connectivity index (χ1n) is 12.3. The van der Waals surface area contributed by atoms with Crippen LogP contribution < -0.4 is 10.5 Å². The van der Waals surface area contributed by atoms with Gasteiger partial charge in [0, 0.05) is 10.6 Å². The molecule has 13 heteroatoms. The number of nitrogens with one attached hydrogen (secondary N) is 1. The number of primary sulfonamides is 1. The smallest absolute Gasteiger partial charge is 0.333 e. The topological polar surface area (TPSA) is 143 Å². The molecule has 210 valence electrons. The quantitative estimate of drug-likeness (QED) is 0.215. The van der Waals surface area contributed by atoms with Crippen molar-refractivity contribution in [2.24, 2.45) is 5.14 Å². The summed E-state index contributed by atoms with van der Waals surface area (Å²) in [6.45, 7) is 3.59. The number of nitrogens with two attached hydrogens (primary N) is 1. The van der Waals surface area contributed by atoms with Gasteiger partial charge in [-0.25, -0.2) is 18.2 Å². The third kappa shape index (κ3) is 6.52. The largest absolute Gasteiger partial charge is 0.357 e. The van der Waals surface area contributed by atoms with Gasteiger partial charge in [-0.15, -0.1) is 0 Å². The van der Waals surface area contributed by atoms with E-state index < -0.39 is 29.3 Å². The van der Waals surface area contributed by atoms with Gasteiger partial charge >= 0.3 is 7.60 Å². The second kappa shape index (κ2) is 12.5. The van der Waals surface area contributed by atoms with Crippen molar-refractivity contribution >= 4 is 35.1 Å². The molecular formula is C27H28ClN4O6PS. The zero-order valence-electron chi connectivity index (χ0n) is 21.7. The number of hydrogen-bond donors (Lipinski definition) is 2. The standard InChI is InChI=1S/C27H28ClN4O6PS/c1-3-37-39(34,38-4-2)27(19-10-6-5-7-11-19)30-26(33)24-18-25(22-12-8-9-13-23(22)28)32(31-24)20-14-16-21(17-15-20)40(29,35)36/h5-18,27H,3-4H2,1-2H3,(H,30,33)(H2,29,35,36). The molecule has 1 atom stereocenters. The molecule has 4 rings (SSSR count). The second-order valence-corrected chi connectivity index (χ2v) is 12.6. The molecule has 0 bridgehead atoms. The summed E-state index contributed by atoms with van der Waals surface area (Å²) in [7, 11) is -7.74. The molecular weight excluding hydrogens is 575 g/mol. The van der Waals surface area contributed by atoms with Crippen molar-refractivity contribution < 1.29 is 26.8 Å². The van der Waals surface area contributed by atoms with Crippen molar-refractivity contribution in [1.82, 2.24) is 15.1 Å². The number of amides is 1. The van der Waals surface area contributed by atoms with Gasteiger partial charge in [-0.2, -0.15) is 5.10 Å². The van der Waals surface area contributed by atoms with Gasteiger partial charge in [0.15, 0.2) is 11.5 Å². The number of hydrogen-bond acceptors (Lipinski definition) is 7. The van der Waals surface area contributed by atoms with Crippen LogP contribution >= 0.6 is 19.2 Å². The van der Waals surface area contributed by atoms with Crippen molar-refractivity contribution in [1.29, 1.82) is 0 Å². The van der Waals surface area contributed by atoms with E-state index in [1.54, 1.807) is 74.5 Å². The van der Waals surface area contributed by atoms with E-state index in [-0.39, 0.29) is 23.8 Å². The Balaban J connectivity index is 1.80. The maximum atomic E-state index is 13.8. The van der Waals surface area contributed by atoms with Crippen LogP contribution in [0.5, 0.6) is 0 Å². The van der Waals surface area contributed by atoms with Crippen molar-refractivity contribution in [3.8, 4) is 16.9 Å². The van der Waals surface area contributed by atoms with Crippen LogP contribution in [-0.2, 0) is 23.6 Å². The molecule has 0 fully saturated rings. The molecule has 10 nitrogen and oxygen atoms in total. The Labute approximate surface area is 237 Å². The Hall–Kier alpha value is -3.31. The monoisotopic (exact) mass is 602 g/mol. The molecule has 4 aromatic rings. The second-order valence-electron chi connectivity index (χ2n) is 8.51. The number of rotatable bonds is 11. The first-order valence-corrected chi connectivity index (χ1v) is 15.8. The summed E-state index contributed by atoms with van der Waals surface area (Å²) >= 11 is 6.48. The van der Waals surface area contributed by atoms with E-state index >= 15 is 0 Å². The first-order chi connectivity index (χ1) is 19.1. The van der Waals surface area contributed by atoms with E-state index in [9.17, 15) is 17.8 Å². The van der Waals surface area contributed by atoms with E-state index in [0.717, 1.165) is 0 Å². The summed E-state index contributed by atoms with van der Waals surface area (Å²) in [4.78, 5) is 13.6. The average molecular weight is 603 g/mol. The van der Waals surface area contributed by atoms with Crippen molar-refractivity contribution in [3.63, 3.8) is 0 Å². The fourth-order valence-corrected chi connectivity index (χ4v) is 6.70. The molecule has 0 aliphatic carbocycles. The SMILES string of the molecule is CCOP(=O)(OCC)C(NC(=O)c1cc(-c2ccccc2Cl)n(-c2ccc(S(N)(=O)=O)cc2)n1)c1ccccc1. The predicted molar refractivity (Wildman–Crippen MR) is 153 cm³/mol. The Kier molecular flexibility index (Phi) is 9.25. The van der Waals surface area contributed by atoms with Crippen LogP contribution in [0.4, 0.5) is 0 Å². The molecule has 40 heavy (non-hydrogen) atoms. The predicted octanol–water partition coefficient (Wildman–Crippen LogP) is 5.53. The van der Waals surface area contributed by atoms with Crippen LogP contribution in [0, 0.1) is 0 Å². The Morgan fingerprint density at radius 2 is 1.60 bits per heavy atom. The van der Waals surface area contributed by atoms with E-state index in [1.165, 1.54) is 28.9 Å². The highest BCUT2D eigenvalue weighted by Crippen LogP contribution is 2.59. The molecule has 3 aromatic carbocycles. The van der Waals surface area contributed by atoms with E-state index in [4.69, 9.17) is 25.8 Å². The number of nitrogens with zero attached hydrogens (tertiary/aromatic N) is 2. The highest BCUT2D eigenvalue weighted by Gasteiger charge is 2.38. The lowest BCUT2D eigenvalue weighted by Gasteiger charge is -2.27. The fourth-order valence-electron chi connectivity index (χ4n) is 4.05. The maximum absolute atomic E-state index is 13.8. The molecule has 0 saturated heterocycles. The summed E-state index contributed by atoms with van der Waals surface area (Å²) in [6.07, 6.45) is 0. The third-order valence-electron chi connectivity index (χ3n) is 5.82. The molecule has 0 radical (unpaired) electrons. The Morgan fingerprint density at radius 1 is 1.00 bits per heavy atom. The van der Waals surface area contributed by atoms with Gasteiger partial charge in [-0.1, -0.05) is 60.1 Å². The van der Waals surface area contributed by atoms with Crippen LogP contribution in [0.3, 0.4) is 0 Å². The third-order valence-corrected chi connectivity index (χ3v) is 9.37. The van der Waals surface area contributed by atoms with Crippen LogP contribution in [0.2, 0.25) is 5.02 Å². The van der Waals surface area contributed by atoms with E-state index in [2.05, 4.69) is 10.4 Å². The van der Waals surface area contributed by atoms with Crippen LogP contribution in [0.25, 0.3) is 16.9 Å². The van der Waals surface area contributed by atoms with Crippen LogP contribution in [-0.4, -0.2) is 37.3 Å². The number of carbonyl (C=O) groups is 1. The molecule has 0 aliphatic rings. The van der Waals surface area contributed by atoms with Gasteiger partial charge in [0.2, 0.25) is 10.0 Å². The van der Waals surface area contributed by atoms with Crippen LogP contribution in [0.15, 0.2) is 89.8 Å². The number of halogens is 1. The minimum atomic E-state index is -3.91. The molecule has 1 amide bonds. The van der Waals surface area contributed by atoms with Gasteiger partial charge in [0.25, 0.3) is 5.91 Å². The minimum absolute atomic E-state index is 0.00841.